The Bertz CT molecular complexity index is 1020. The Morgan fingerprint density at radius 3 is 2.54 bits per heavy atom. The summed E-state index contributed by atoms with van der Waals surface area (Å²) < 4.78 is 0. The van der Waals surface area contributed by atoms with Gasteiger partial charge in [0.1, 0.15) is 6.10 Å². The molecule has 3 rings (SSSR count). The summed E-state index contributed by atoms with van der Waals surface area (Å²) in [5, 5.41) is 11.1. The first-order valence-corrected chi connectivity index (χ1v) is 7.87. The number of nitrogens with zero attached hydrogens (tertiary/aromatic N) is 1. The number of H-pyrrole nitrogens is 1. The number of halogens is 3. The third kappa shape index (κ3) is 3.16. The van der Waals surface area contributed by atoms with Gasteiger partial charge in [0, 0.05) is 5.02 Å². The van der Waals surface area contributed by atoms with Crippen LogP contribution in [0.3, 0.4) is 0 Å². The van der Waals surface area contributed by atoms with Crippen LogP contribution >= 0.6 is 34.8 Å². The molecule has 0 aliphatic carbocycles. The van der Waals surface area contributed by atoms with Gasteiger partial charge < -0.3 is 10.1 Å². The van der Waals surface area contributed by atoms with Gasteiger partial charge >= 0.3 is 0 Å². The maximum Gasteiger partial charge on any atom is 0.278 e. The maximum absolute atomic E-state index is 12.4. The van der Waals surface area contributed by atoms with E-state index in [2.05, 4.69) is 9.97 Å². The van der Waals surface area contributed by atoms with E-state index in [1.807, 2.05) is 0 Å². The Labute approximate surface area is 150 Å². The van der Waals surface area contributed by atoms with Gasteiger partial charge in [-0.05, 0) is 35.9 Å². The molecule has 5 nitrogen and oxygen atoms in total. The van der Waals surface area contributed by atoms with Crippen molar-refractivity contribution in [3.8, 4) is 0 Å². The molecule has 0 aliphatic heterocycles. The maximum atomic E-state index is 12.4. The molecular weight excluding hydrogens is 375 g/mol. The summed E-state index contributed by atoms with van der Waals surface area (Å²) in [5.41, 5.74) is -0.124. The van der Waals surface area contributed by atoms with Crippen molar-refractivity contribution in [3.05, 3.63) is 73.1 Å². The van der Waals surface area contributed by atoms with Gasteiger partial charge in [-0.1, -0.05) is 40.9 Å². The van der Waals surface area contributed by atoms with Gasteiger partial charge in [0.25, 0.3) is 5.56 Å². The minimum Gasteiger partial charge on any atom is -0.380 e. The molecule has 0 saturated heterocycles. The summed E-state index contributed by atoms with van der Waals surface area (Å²) in [6, 6.07) is 8.94. The largest absolute Gasteiger partial charge is 0.380 e. The number of nitrogens with one attached hydrogen (secondary N) is 1. The van der Waals surface area contributed by atoms with Gasteiger partial charge in [-0.2, -0.15) is 0 Å². The van der Waals surface area contributed by atoms with Gasteiger partial charge in [0.05, 0.1) is 21.1 Å². The fraction of sp³-hybridized carbons (Fsp3) is 0.0625. The first-order chi connectivity index (χ1) is 11.4. The second kappa shape index (κ2) is 6.53. The number of fused-ring (bicyclic) bond motifs is 1. The molecule has 0 aliphatic rings. The van der Waals surface area contributed by atoms with Gasteiger partial charge in [-0.3, -0.25) is 9.59 Å². The van der Waals surface area contributed by atoms with E-state index in [0.29, 0.717) is 21.1 Å². The molecule has 0 spiro atoms. The van der Waals surface area contributed by atoms with E-state index in [9.17, 15) is 14.7 Å². The molecule has 2 aromatic carbocycles. The lowest BCUT2D eigenvalue weighted by atomic mass is 10.0. The van der Waals surface area contributed by atoms with Crippen LogP contribution in [0.15, 0.2) is 41.2 Å². The van der Waals surface area contributed by atoms with Crippen molar-refractivity contribution in [2.75, 3.05) is 0 Å². The second-order valence-corrected chi connectivity index (χ2v) is 6.27. The van der Waals surface area contributed by atoms with Crippen LogP contribution < -0.4 is 5.56 Å². The number of aliphatic hydroxyl groups excluding tert-OH is 1. The quantitative estimate of drug-likeness (QED) is 0.674. The average molecular weight is 384 g/mol. The van der Waals surface area contributed by atoms with Crippen LogP contribution in [-0.4, -0.2) is 20.9 Å². The number of carbonyl (C=O) groups excluding carboxylic acids is 1. The molecule has 1 heterocycles. The lowest BCUT2D eigenvalue weighted by Crippen LogP contribution is -2.24. The third-order valence-corrected chi connectivity index (χ3v) is 4.37. The normalized spacial score (nSPS) is 12.3. The Hall–Kier alpha value is -1.92. The van der Waals surface area contributed by atoms with Crippen LogP contribution in [0.2, 0.25) is 15.1 Å². The highest BCUT2D eigenvalue weighted by atomic mass is 35.5. The van der Waals surface area contributed by atoms with Gasteiger partial charge in [-0.25, -0.2) is 4.98 Å². The van der Waals surface area contributed by atoms with Crippen molar-refractivity contribution in [3.63, 3.8) is 0 Å². The summed E-state index contributed by atoms with van der Waals surface area (Å²) in [6.07, 6.45) is -1.59. The zero-order chi connectivity index (χ0) is 17.4. The third-order valence-electron chi connectivity index (χ3n) is 3.40. The first-order valence-electron chi connectivity index (χ1n) is 6.73. The van der Waals surface area contributed by atoms with Crippen LogP contribution in [0, 0.1) is 0 Å². The molecule has 1 aromatic heterocycles. The number of hydrogen-bond donors (Lipinski definition) is 2. The Kier molecular flexibility index (Phi) is 4.60. The van der Waals surface area contributed by atoms with Crippen molar-refractivity contribution in [2.24, 2.45) is 0 Å². The SMILES string of the molecule is O=C(c1nc2ccc(Cl)cc2[nH]c1=O)[C@H](O)c1ccc(Cl)c(Cl)c1. The van der Waals surface area contributed by atoms with Crippen molar-refractivity contribution in [2.45, 2.75) is 6.10 Å². The Balaban J connectivity index is 2.04. The topological polar surface area (TPSA) is 83.0 Å². The summed E-state index contributed by atoms with van der Waals surface area (Å²) in [4.78, 5) is 31.1. The summed E-state index contributed by atoms with van der Waals surface area (Å²) in [6.45, 7) is 0. The molecule has 24 heavy (non-hydrogen) atoms. The molecule has 0 unspecified atom stereocenters. The van der Waals surface area contributed by atoms with E-state index in [-0.39, 0.29) is 10.6 Å². The van der Waals surface area contributed by atoms with Crippen LogP contribution in [0.5, 0.6) is 0 Å². The van der Waals surface area contributed by atoms with Crippen LogP contribution in [0.1, 0.15) is 22.2 Å². The molecule has 8 heteroatoms. The number of aromatic nitrogens is 2. The summed E-state index contributed by atoms with van der Waals surface area (Å²) >= 11 is 17.5. The molecule has 122 valence electrons. The van der Waals surface area contributed by atoms with Gasteiger partial charge in [0.15, 0.2) is 5.69 Å². The predicted molar refractivity (Wildman–Crippen MR) is 93.1 cm³/mol. The number of carbonyl (C=O) groups is 1. The number of rotatable bonds is 3. The zero-order valence-electron chi connectivity index (χ0n) is 11.9. The first kappa shape index (κ1) is 16.9. The molecule has 0 saturated carbocycles. The van der Waals surface area contributed by atoms with Crippen LogP contribution in [0.4, 0.5) is 0 Å². The minimum atomic E-state index is -1.59. The highest BCUT2D eigenvalue weighted by molar-refractivity contribution is 6.42. The molecule has 0 amide bonds. The number of ketones is 1. The monoisotopic (exact) mass is 382 g/mol. The van der Waals surface area contributed by atoms with E-state index in [4.69, 9.17) is 34.8 Å². The standard InChI is InChI=1S/C16H9Cl3N2O3/c17-8-2-4-11-12(6-8)21-16(24)13(20-11)15(23)14(22)7-1-3-9(18)10(19)5-7/h1-6,14,22H,(H,21,24)/t14-/m1/s1. The Morgan fingerprint density at radius 1 is 1.08 bits per heavy atom. The smallest absolute Gasteiger partial charge is 0.278 e. The van der Waals surface area contributed by atoms with Crippen molar-refractivity contribution in [1.29, 1.82) is 0 Å². The van der Waals surface area contributed by atoms with Crippen LogP contribution in [-0.2, 0) is 0 Å². The number of benzene rings is 2. The molecule has 0 radical (unpaired) electrons. The molecular formula is C16H9Cl3N2O3. The number of aliphatic hydroxyl groups is 1. The van der Waals surface area contributed by atoms with E-state index in [1.165, 1.54) is 24.3 Å². The van der Waals surface area contributed by atoms with Crippen LogP contribution in [0.25, 0.3) is 11.0 Å². The zero-order valence-corrected chi connectivity index (χ0v) is 14.2. The Morgan fingerprint density at radius 2 is 1.83 bits per heavy atom. The van der Waals surface area contributed by atoms with Crippen molar-refractivity contribution in [1.82, 2.24) is 9.97 Å². The number of aromatic amines is 1. The summed E-state index contributed by atoms with van der Waals surface area (Å²) in [5.74, 6) is -0.841. The molecule has 3 aromatic rings. The second-order valence-electron chi connectivity index (χ2n) is 5.02. The van der Waals surface area contributed by atoms with Gasteiger partial charge in [-0.15, -0.1) is 0 Å². The van der Waals surface area contributed by atoms with E-state index >= 15 is 0 Å². The molecule has 0 fully saturated rings. The van der Waals surface area contributed by atoms with E-state index < -0.39 is 23.1 Å². The minimum absolute atomic E-state index is 0.191. The van der Waals surface area contributed by atoms with Gasteiger partial charge in [0.2, 0.25) is 5.78 Å². The van der Waals surface area contributed by atoms with E-state index in [1.54, 1.807) is 12.1 Å². The lowest BCUT2D eigenvalue weighted by molar-refractivity contribution is 0.0740. The highest BCUT2D eigenvalue weighted by Gasteiger charge is 2.24. The predicted octanol–water partition coefficient (Wildman–Crippen LogP) is 3.80. The highest BCUT2D eigenvalue weighted by Crippen LogP contribution is 2.27. The molecule has 2 N–H and O–H groups in total. The fourth-order valence-electron chi connectivity index (χ4n) is 2.19. The van der Waals surface area contributed by atoms with Crippen molar-refractivity contribution < 1.29 is 9.90 Å². The molecule has 0 bridgehead atoms. The summed E-state index contributed by atoms with van der Waals surface area (Å²) in [7, 11) is 0. The van der Waals surface area contributed by atoms with E-state index in [0.717, 1.165) is 0 Å². The number of Topliss-reactive ketones (excluding diaryl/α,β-unsaturated/α-hetero) is 1. The lowest BCUT2D eigenvalue weighted by Gasteiger charge is -2.10. The molecule has 1 atom stereocenters. The number of hydrogen-bond acceptors (Lipinski definition) is 4. The fourth-order valence-corrected chi connectivity index (χ4v) is 2.67. The van der Waals surface area contributed by atoms with Crippen molar-refractivity contribution >= 4 is 51.6 Å². The average Bonchev–Trinajstić information content (AvgIpc) is 2.55.